The summed E-state index contributed by atoms with van der Waals surface area (Å²) in [7, 11) is 0. The standard InChI is InChI=1S/C23H25N3O8S2/c1-11-15(16(7-24-11)26(32)33)5-13(27)9-34-8-12-10-36-22-19(18(12)23(30)31)21(29)20(22)25-17(28)6-14-3-2-4-35-14/h2-4,7,13,15,19-20,22,27H,5-6,8-10H2,1H3,(H,25,28)(H,30,31)/t13?,15?,19?,20-,22+/m1/s1. The largest absolute Gasteiger partial charge is 0.478 e. The molecule has 5 atom stereocenters. The second kappa shape index (κ2) is 11.0. The van der Waals surface area contributed by atoms with Gasteiger partial charge >= 0.3 is 5.97 Å². The van der Waals surface area contributed by atoms with Gasteiger partial charge in [-0.2, -0.15) is 11.8 Å². The molecule has 3 heterocycles. The van der Waals surface area contributed by atoms with Crippen molar-refractivity contribution in [2.24, 2.45) is 16.8 Å². The highest BCUT2D eigenvalue weighted by Crippen LogP contribution is 2.45. The van der Waals surface area contributed by atoms with Gasteiger partial charge in [-0.15, -0.1) is 11.3 Å². The van der Waals surface area contributed by atoms with Gasteiger partial charge in [0.15, 0.2) is 5.78 Å². The molecule has 0 saturated heterocycles. The highest BCUT2D eigenvalue weighted by molar-refractivity contribution is 8.00. The fraction of sp³-hybridized carbons (Fsp3) is 0.478. The van der Waals surface area contributed by atoms with E-state index in [9.17, 15) is 34.7 Å². The summed E-state index contributed by atoms with van der Waals surface area (Å²) in [5.41, 5.74) is 0.881. The maximum atomic E-state index is 12.8. The number of carbonyl (C=O) groups excluding carboxylic acids is 2. The Kier molecular flexibility index (Phi) is 8.03. The minimum Gasteiger partial charge on any atom is -0.478 e. The number of nitrogens with one attached hydrogen (secondary N) is 1. The van der Waals surface area contributed by atoms with Crippen LogP contribution in [-0.4, -0.2) is 74.9 Å². The number of rotatable bonds is 11. The van der Waals surface area contributed by atoms with E-state index in [1.807, 2.05) is 17.5 Å². The van der Waals surface area contributed by atoms with E-state index < -0.39 is 34.9 Å². The van der Waals surface area contributed by atoms with Gasteiger partial charge in [0.05, 0.1) is 48.1 Å². The molecule has 1 aliphatic carbocycles. The second-order valence-electron chi connectivity index (χ2n) is 8.82. The molecule has 1 aromatic heterocycles. The first-order chi connectivity index (χ1) is 17.2. The number of aliphatic hydroxyl groups excluding tert-OH is 1. The summed E-state index contributed by atoms with van der Waals surface area (Å²) >= 11 is 2.84. The number of aliphatic hydroxyl groups is 1. The van der Waals surface area contributed by atoms with Crippen molar-refractivity contribution in [1.82, 2.24) is 5.32 Å². The molecule has 1 fully saturated rings. The van der Waals surface area contributed by atoms with Crippen molar-refractivity contribution >= 4 is 46.5 Å². The third kappa shape index (κ3) is 5.43. The molecule has 192 valence electrons. The van der Waals surface area contributed by atoms with Crippen molar-refractivity contribution in [3.05, 3.63) is 55.5 Å². The third-order valence-corrected chi connectivity index (χ3v) is 8.76. The lowest BCUT2D eigenvalue weighted by Crippen LogP contribution is -2.65. The summed E-state index contributed by atoms with van der Waals surface area (Å²) in [5.74, 6) is -2.96. The zero-order chi connectivity index (χ0) is 26.0. The number of thioether (sulfide) groups is 1. The fourth-order valence-electron chi connectivity index (χ4n) is 4.62. The Balaban J connectivity index is 1.32. The van der Waals surface area contributed by atoms with Gasteiger partial charge in [0.25, 0.3) is 5.70 Å². The molecule has 0 radical (unpaired) electrons. The van der Waals surface area contributed by atoms with E-state index in [0.717, 1.165) is 4.88 Å². The first kappa shape index (κ1) is 26.2. The van der Waals surface area contributed by atoms with Gasteiger partial charge in [0.1, 0.15) is 12.2 Å². The van der Waals surface area contributed by atoms with Gasteiger partial charge in [0.2, 0.25) is 5.91 Å². The van der Waals surface area contributed by atoms with Gasteiger partial charge in [0, 0.05) is 21.6 Å². The number of thiophene rings is 1. The highest BCUT2D eigenvalue weighted by atomic mass is 32.2. The molecular formula is C23H25N3O8S2. The molecule has 3 aliphatic rings. The summed E-state index contributed by atoms with van der Waals surface area (Å²) in [5, 5.41) is 35.5. The molecule has 13 heteroatoms. The van der Waals surface area contributed by atoms with E-state index in [4.69, 9.17) is 4.74 Å². The zero-order valence-corrected chi connectivity index (χ0v) is 20.9. The van der Waals surface area contributed by atoms with Gasteiger partial charge < -0.3 is 20.3 Å². The van der Waals surface area contributed by atoms with Crippen molar-refractivity contribution in [1.29, 1.82) is 0 Å². The number of ketones is 1. The summed E-state index contributed by atoms with van der Waals surface area (Å²) < 4.78 is 5.56. The number of carbonyl (C=O) groups is 3. The minimum absolute atomic E-state index is 0.0145. The molecule has 0 spiro atoms. The molecule has 1 saturated carbocycles. The van der Waals surface area contributed by atoms with Crippen LogP contribution in [0, 0.1) is 22.0 Å². The first-order valence-electron chi connectivity index (χ1n) is 11.2. The molecule has 2 aliphatic heterocycles. The number of nitrogens with zero attached hydrogens (tertiary/aromatic N) is 2. The minimum atomic E-state index is -1.21. The summed E-state index contributed by atoms with van der Waals surface area (Å²) in [6.45, 7) is 1.41. The number of amides is 1. The van der Waals surface area contributed by atoms with Crippen molar-refractivity contribution in [2.45, 2.75) is 37.2 Å². The molecule has 4 rings (SSSR count). The van der Waals surface area contributed by atoms with E-state index >= 15 is 0 Å². The average Bonchev–Trinajstić information content (AvgIpc) is 3.46. The van der Waals surface area contributed by atoms with Gasteiger partial charge in [-0.05, 0) is 30.4 Å². The number of Topliss-reactive ketones (excluding diaryl/α,β-unsaturated/α-hetero) is 1. The van der Waals surface area contributed by atoms with Crippen molar-refractivity contribution in [3.8, 4) is 0 Å². The molecule has 11 nitrogen and oxygen atoms in total. The van der Waals surface area contributed by atoms with Crippen molar-refractivity contribution in [2.75, 3.05) is 19.0 Å². The number of aliphatic imine (C=N–C) groups is 1. The van der Waals surface area contributed by atoms with E-state index in [-0.39, 0.29) is 54.3 Å². The van der Waals surface area contributed by atoms with E-state index in [1.54, 1.807) is 6.92 Å². The normalized spacial score (nSPS) is 26.0. The molecule has 1 amide bonds. The van der Waals surface area contributed by atoms with E-state index in [2.05, 4.69) is 10.3 Å². The van der Waals surface area contributed by atoms with Crippen LogP contribution in [0.3, 0.4) is 0 Å². The number of ether oxygens (including phenoxy) is 1. The number of hydrogen-bond acceptors (Lipinski definition) is 10. The third-order valence-electron chi connectivity index (χ3n) is 6.44. The van der Waals surface area contributed by atoms with Gasteiger partial charge in [-0.3, -0.25) is 24.7 Å². The zero-order valence-electron chi connectivity index (χ0n) is 19.3. The van der Waals surface area contributed by atoms with Crippen LogP contribution in [0.5, 0.6) is 0 Å². The number of nitro groups is 1. The fourth-order valence-corrected chi connectivity index (χ4v) is 6.82. The first-order valence-corrected chi connectivity index (χ1v) is 13.2. The molecular weight excluding hydrogens is 510 g/mol. The monoisotopic (exact) mass is 535 g/mol. The maximum Gasteiger partial charge on any atom is 0.332 e. The average molecular weight is 536 g/mol. The molecule has 3 N–H and O–H groups in total. The van der Waals surface area contributed by atoms with Crippen LogP contribution in [0.4, 0.5) is 0 Å². The lowest BCUT2D eigenvalue weighted by molar-refractivity contribution is -0.431. The van der Waals surface area contributed by atoms with Crippen LogP contribution in [-0.2, 0) is 25.5 Å². The number of hydrogen-bond donors (Lipinski definition) is 3. The Morgan fingerprint density at radius 2 is 2.19 bits per heavy atom. The number of allylic oxidation sites excluding steroid dienone is 1. The molecule has 0 bridgehead atoms. The highest BCUT2D eigenvalue weighted by Gasteiger charge is 2.56. The van der Waals surface area contributed by atoms with Crippen molar-refractivity contribution in [3.63, 3.8) is 0 Å². The number of fused-ring (bicyclic) bond motifs is 1. The Labute approximate surface area is 214 Å². The quantitative estimate of drug-likeness (QED) is 0.280. The summed E-state index contributed by atoms with van der Waals surface area (Å²) in [6.07, 6.45) is 0.378. The molecule has 36 heavy (non-hydrogen) atoms. The molecule has 1 aromatic rings. The molecule has 0 aromatic carbocycles. The van der Waals surface area contributed by atoms with Gasteiger partial charge in [-0.25, -0.2) is 4.79 Å². The molecule has 3 unspecified atom stereocenters. The predicted octanol–water partition coefficient (Wildman–Crippen LogP) is 1.45. The summed E-state index contributed by atoms with van der Waals surface area (Å²) in [6, 6.07) is 2.94. The maximum absolute atomic E-state index is 12.8. The van der Waals surface area contributed by atoms with E-state index in [1.165, 1.54) is 29.3 Å². The Morgan fingerprint density at radius 3 is 2.86 bits per heavy atom. The van der Waals surface area contributed by atoms with Crippen LogP contribution >= 0.6 is 23.1 Å². The Hall–Kier alpha value is -2.87. The number of carboxylic acid groups (broad SMARTS) is 1. The SMILES string of the molecule is CC1=NC=C([N+](=O)[O-])C1CC(O)COCC1=C(C(=O)O)C2C(=O)[C@@H](NC(=O)Cc3cccs3)[C@H]2SC1. The predicted molar refractivity (Wildman–Crippen MR) is 132 cm³/mol. The summed E-state index contributed by atoms with van der Waals surface area (Å²) in [4.78, 5) is 52.6. The Bertz CT molecular complexity index is 1160. The van der Waals surface area contributed by atoms with Crippen molar-refractivity contribution < 1.29 is 34.3 Å². The van der Waals surface area contributed by atoms with Crippen LogP contribution in [0.15, 0.2) is 45.5 Å². The lowest BCUT2D eigenvalue weighted by Gasteiger charge is -2.46. The van der Waals surface area contributed by atoms with Crippen LogP contribution < -0.4 is 5.32 Å². The van der Waals surface area contributed by atoms with Gasteiger partial charge in [-0.1, -0.05) is 6.07 Å². The van der Waals surface area contributed by atoms with Crippen LogP contribution in [0.1, 0.15) is 18.2 Å². The lowest BCUT2D eigenvalue weighted by atomic mass is 9.71. The topological polar surface area (TPSA) is 168 Å². The second-order valence-corrected chi connectivity index (χ2v) is 11.0. The number of carboxylic acids is 1. The van der Waals surface area contributed by atoms with Crippen LogP contribution in [0.2, 0.25) is 0 Å². The number of aliphatic carboxylic acids is 1. The Morgan fingerprint density at radius 1 is 1.42 bits per heavy atom. The van der Waals surface area contributed by atoms with Crippen LogP contribution in [0.25, 0.3) is 0 Å². The smallest absolute Gasteiger partial charge is 0.332 e. The van der Waals surface area contributed by atoms with E-state index in [0.29, 0.717) is 17.0 Å².